The molecule has 0 radical (unpaired) electrons. The van der Waals surface area contributed by atoms with Gasteiger partial charge < -0.3 is 15.7 Å². The van der Waals surface area contributed by atoms with Crippen molar-refractivity contribution in [2.75, 3.05) is 13.1 Å². The summed E-state index contributed by atoms with van der Waals surface area (Å²) in [5.74, 6) is -0.356. The number of aliphatic hydroxyl groups is 1. The molecule has 1 atom stereocenters. The molecule has 2 amide bonds. The quantitative estimate of drug-likeness (QED) is 0.688. The first-order valence-corrected chi connectivity index (χ1v) is 7.64. The Bertz CT molecular complexity index is 602. The normalized spacial score (nSPS) is 11.7. The number of rotatable bonds is 7. The Morgan fingerprint density at radius 2 is 1.74 bits per heavy atom. The summed E-state index contributed by atoms with van der Waals surface area (Å²) in [5, 5.41) is 15.3. The topological polar surface area (TPSA) is 61.4 Å². The van der Waals surface area contributed by atoms with Gasteiger partial charge in [0.25, 0.3) is 0 Å². The molecule has 2 aromatic carbocycles. The van der Waals surface area contributed by atoms with Crippen molar-refractivity contribution in [1.29, 1.82) is 0 Å². The lowest BCUT2D eigenvalue weighted by molar-refractivity contribution is 0.173. The predicted octanol–water partition coefficient (Wildman–Crippen LogP) is 2.79. The van der Waals surface area contributed by atoms with E-state index in [0.29, 0.717) is 12.1 Å². The minimum atomic E-state index is -0.856. The molecule has 0 saturated heterocycles. The highest BCUT2D eigenvalue weighted by Gasteiger charge is 2.09. The SMILES string of the molecule is O=C(NCCCc1ccccc1)NCC(O)c1ccc(F)cc1. The second-order valence-electron chi connectivity index (χ2n) is 5.29. The molecule has 3 N–H and O–H groups in total. The van der Waals surface area contributed by atoms with Gasteiger partial charge in [0.1, 0.15) is 5.82 Å². The van der Waals surface area contributed by atoms with Gasteiger partial charge in [0.2, 0.25) is 0 Å². The fourth-order valence-electron chi connectivity index (χ4n) is 2.19. The third kappa shape index (κ3) is 6.08. The van der Waals surface area contributed by atoms with E-state index in [4.69, 9.17) is 0 Å². The summed E-state index contributed by atoms with van der Waals surface area (Å²) in [4.78, 5) is 11.7. The average Bonchev–Trinajstić information content (AvgIpc) is 2.58. The van der Waals surface area contributed by atoms with E-state index in [0.717, 1.165) is 12.8 Å². The average molecular weight is 316 g/mol. The number of halogens is 1. The van der Waals surface area contributed by atoms with Crippen LogP contribution in [0.4, 0.5) is 9.18 Å². The number of hydrogen-bond donors (Lipinski definition) is 3. The standard InChI is InChI=1S/C18H21FN2O2/c19-16-10-8-15(9-11-16)17(22)13-21-18(23)20-12-4-7-14-5-2-1-3-6-14/h1-3,5-6,8-11,17,22H,4,7,12-13H2,(H2,20,21,23). The largest absolute Gasteiger partial charge is 0.387 e. The number of carbonyl (C=O) groups is 1. The van der Waals surface area contributed by atoms with Crippen LogP contribution in [0.1, 0.15) is 23.7 Å². The highest BCUT2D eigenvalue weighted by molar-refractivity contribution is 5.73. The van der Waals surface area contributed by atoms with Crippen LogP contribution in [0.15, 0.2) is 54.6 Å². The Labute approximate surface area is 135 Å². The van der Waals surface area contributed by atoms with Gasteiger partial charge in [0.05, 0.1) is 6.10 Å². The van der Waals surface area contributed by atoms with Crippen LogP contribution in [-0.4, -0.2) is 24.2 Å². The second kappa shape index (κ2) is 8.90. The Morgan fingerprint density at radius 1 is 1.04 bits per heavy atom. The van der Waals surface area contributed by atoms with Crippen LogP contribution < -0.4 is 10.6 Å². The number of carbonyl (C=O) groups excluding carboxylic acids is 1. The molecule has 0 aliphatic rings. The van der Waals surface area contributed by atoms with E-state index in [9.17, 15) is 14.3 Å². The molecule has 2 aromatic rings. The van der Waals surface area contributed by atoms with E-state index in [2.05, 4.69) is 22.8 Å². The number of urea groups is 1. The van der Waals surface area contributed by atoms with Gasteiger partial charge in [-0.15, -0.1) is 0 Å². The molecule has 5 heteroatoms. The van der Waals surface area contributed by atoms with Crippen LogP contribution in [0.3, 0.4) is 0 Å². The molecule has 0 aliphatic carbocycles. The number of nitrogens with one attached hydrogen (secondary N) is 2. The summed E-state index contributed by atoms with van der Waals surface area (Å²) in [5.41, 5.74) is 1.80. The fourth-order valence-corrected chi connectivity index (χ4v) is 2.19. The van der Waals surface area contributed by atoms with Crippen LogP contribution in [0.2, 0.25) is 0 Å². The van der Waals surface area contributed by atoms with Gasteiger partial charge in [0, 0.05) is 13.1 Å². The second-order valence-corrected chi connectivity index (χ2v) is 5.29. The number of amides is 2. The highest BCUT2D eigenvalue weighted by Crippen LogP contribution is 2.12. The van der Waals surface area contributed by atoms with Gasteiger partial charge in [-0.25, -0.2) is 9.18 Å². The summed E-state index contributed by atoms with van der Waals surface area (Å²) in [6.07, 6.45) is 0.891. The fraction of sp³-hybridized carbons (Fsp3) is 0.278. The molecule has 1 unspecified atom stereocenters. The van der Waals surface area contributed by atoms with E-state index < -0.39 is 6.10 Å². The maximum Gasteiger partial charge on any atom is 0.314 e. The minimum absolute atomic E-state index is 0.0795. The van der Waals surface area contributed by atoms with Crippen molar-refractivity contribution >= 4 is 6.03 Å². The molecule has 0 spiro atoms. The van der Waals surface area contributed by atoms with Gasteiger partial charge in [0.15, 0.2) is 0 Å². The van der Waals surface area contributed by atoms with Crippen molar-refractivity contribution in [3.05, 3.63) is 71.5 Å². The molecular formula is C18H21FN2O2. The molecular weight excluding hydrogens is 295 g/mol. The monoisotopic (exact) mass is 316 g/mol. The van der Waals surface area contributed by atoms with Gasteiger partial charge in [-0.1, -0.05) is 42.5 Å². The van der Waals surface area contributed by atoms with Crippen LogP contribution in [0.25, 0.3) is 0 Å². The van der Waals surface area contributed by atoms with Crippen molar-refractivity contribution in [1.82, 2.24) is 10.6 Å². The molecule has 122 valence electrons. The van der Waals surface area contributed by atoms with Crippen LogP contribution in [0, 0.1) is 5.82 Å². The summed E-state index contributed by atoms with van der Waals surface area (Å²) in [6.45, 7) is 0.642. The van der Waals surface area contributed by atoms with Gasteiger partial charge in [-0.2, -0.15) is 0 Å². The Balaban J connectivity index is 1.62. The van der Waals surface area contributed by atoms with Gasteiger partial charge in [-0.05, 0) is 36.1 Å². The van der Waals surface area contributed by atoms with E-state index in [-0.39, 0.29) is 18.4 Å². The predicted molar refractivity (Wildman–Crippen MR) is 87.5 cm³/mol. The van der Waals surface area contributed by atoms with Crippen molar-refractivity contribution < 1.29 is 14.3 Å². The minimum Gasteiger partial charge on any atom is -0.387 e. The first-order valence-electron chi connectivity index (χ1n) is 7.64. The van der Waals surface area contributed by atoms with E-state index >= 15 is 0 Å². The zero-order chi connectivity index (χ0) is 16.5. The zero-order valence-electron chi connectivity index (χ0n) is 12.8. The maximum absolute atomic E-state index is 12.8. The van der Waals surface area contributed by atoms with Gasteiger partial charge >= 0.3 is 6.03 Å². The lowest BCUT2D eigenvalue weighted by atomic mass is 10.1. The molecule has 0 aromatic heterocycles. The van der Waals surface area contributed by atoms with Gasteiger partial charge in [-0.3, -0.25) is 0 Å². The molecule has 0 bridgehead atoms. The summed E-state index contributed by atoms with van der Waals surface area (Å²) < 4.78 is 12.8. The van der Waals surface area contributed by atoms with E-state index in [1.807, 2.05) is 18.2 Å². The third-order valence-corrected chi connectivity index (χ3v) is 3.48. The number of aliphatic hydroxyl groups excluding tert-OH is 1. The number of benzene rings is 2. The van der Waals surface area contributed by atoms with Crippen LogP contribution in [0.5, 0.6) is 0 Å². The molecule has 0 aliphatic heterocycles. The highest BCUT2D eigenvalue weighted by atomic mass is 19.1. The molecule has 0 saturated carbocycles. The van der Waals surface area contributed by atoms with Crippen LogP contribution >= 0.6 is 0 Å². The smallest absolute Gasteiger partial charge is 0.314 e. The molecule has 2 rings (SSSR count). The van der Waals surface area contributed by atoms with Crippen molar-refractivity contribution in [2.45, 2.75) is 18.9 Å². The van der Waals surface area contributed by atoms with Crippen molar-refractivity contribution in [3.63, 3.8) is 0 Å². The van der Waals surface area contributed by atoms with E-state index in [1.165, 1.54) is 29.8 Å². The number of aryl methyl sites for hydroxylation is 1. The summed E-state index contributed by atoms with van der Waals surface area (Å²) in [7, 11) is 0. The lowest BCUT2D eigenvalue weighted by Crippen LogP contribution is -2.38. The first-order chi connectivity index (χ1) is 11.1. The lowest BCUT2D eigenvalue weighted by Gasteiger charge is -2.13. The molecule has 0 fully saturated rings. The molecule has 0 heterocycles. The van der Waals surface area contributed by atoms with Crippen LogP contribution in [-0.2, 0) is 6.42 Å². The van der Waals surface area contributed by atoms with Crippen molar-refractivity contribution in [2.24, 2.45) is 0 Å². The Morgan fingerprint density at radius 3 is 2.43 bits per heavy atom. The number of hydrogen-bond acceptors (Lipinski definition) is 2. The van der Waals surface area contributed by atoms with E-state index in [1.54, 1.807) is 0 Å². The van der Waals surface area contributed by atoms with Crippen molar-refractivity contribution in [3.8, 4) is 0 Å². The molecule has 23 heavy (non-hydrogen) atoms. The first kappa shape index (κ1) is 17.0. The summed E-state index contributed by atoms with van der Waals surface area (Å²) in [6, 6.07) is 15.3. The maximum atomic E-state index is 12.8. The Kier molecular flexibility index (Phi) is 6.56. The summed E-state index contributed by atoms with van der Waals surface area (Å²) >= 11 is 0. The third-order valence-electron chi connectivity index (χ3n) is 3.48. The molecule has 4 nitrogen and oxygen atoms in total. The Hall–Kier alpha value is -2.40. The zero-order valence-corrected chi connectivity index (χ0v) is 12.8.